The van der Waals surface area contributed by atoms with Crippen molar-refractivity contribution in [3.8, 4) is 0 Å². The molecule has 3 aromatic rings. The van der Waals surface area contributed by atoms with Crippen LogP contribution < -0.4 is 5.73 Å². The van der Waals surface area contributed by atoms with Crippen LogP contribution in [0.15, 0.2) is 12.1 Å². The number of nitrogens with two attached hydrogens (primary N) is 1. The van der Waals surface area contributed by atoms with Crippen molar-refractivity contribution >= 4 is 48.2 Å². The normalized spacial score (nSPS) is 11.5. The molecule has 14 heavy (non-hydrogen) atoms. The molecule has 3 rings (SSSR count). The van der Waals surface area contributed by atoms with Crippen LogP contribution in [0.2, 0.25) is 0 Å². The summed E-state index contributed by atoms with van der Waals surface area (Å²) >= 11 is 3.23. The predicted octanol–water partition coefficient (Wildman–Crippen LogP) is 2.80. The van der Waals surface area contributed by atoms with E-state index in [1.807, 2.05) is 19.1 Å². The molecular weight excluding hydrogens is 214 g/mol. The summed E-state index contributed by atoms with van der Waals surface area (Å²) in [6.07, 6.45) is 0. The first kappa shape index (κ1) is 8.14. The summed E-state index contributed by atoms with van der Waals surface area (Å²) in [7, 11) is 0. The molecule has 1 aromatic carbocycles. The SMILES string of the molecule is Cc1nc2ccc3nc(N)sc3c2s1. The lowest BCUT2D eigenvalue weighted by molar-refractivity contribution is 1.35. The Bertz CT molecular complexity index is 568. The van der Waals surface area contributed by atoms with Crippen LogP contribution in [-0.4, -0.2) is 9.97 Å². The first-order valence-electron chi connectivity index (χ1n) is 4.16. The van der Waals surface area contributed by atoms with Gasteiger partial charge in [0.15, 0.2) is 5.13 Å². The average Bonchev–Trinajstić information content (AvgIpc) is 2.65. The number of fused-ring (bicyclic) bond motifs is 3. The average molecular weight is 221 g/mol. The number of anilines is 1. The van der Waals surface area contributed by atoms with Crippen LogP contribution in [0.5, 0.6) is 0 Å². The molecule has 2 aromatic heterocycles. The Balaban J connectivity index is 2.58. The van der Waals surface area contributed by atoms with E-state index in [1.165, 1.54) is 16.0 Å². The quantitative estimate of drug-likeness (QED) is 0.635. The third-order valence-electron chi connectivity index (χ3n) is 2.04. The van der Waals surface area contributed by atoms with Crippen LogP contribution in [0.1, 0.15) is 5.01 Å². The molecule has 0 aliphatic rings. The third-order valence-corrected chi connectivity index (χ3v) is 4.09. The number of benzene rings is 1. The van der Waals surface area contributed by atoms with Gasteiger partial charge in [-0.1, -0.05) is 11.3 Å². The molecule has 0 saturated carbocycles. The van der Waals surface area contributed by atoms with Gasteiger partial charge in [0.25, 0.3) is 0 Å². The molecule has 0 saturated heterocycles. The number of hydrogen-bond donors (Lipinski definition) is 1. The first-order chi connectivity index (χ1) is 6.74. The summed E-state index contributed by atoms with van der Waals surface area (Å²) in [5.41, 5.74) is 7.70. The molecule has 0 aliphatic carbocycles. The molecule has 0 atom stereocenters. The standard InChI is InChI=1S/C9H7N3S2/c1-4-11-5-2-3-6-8(7(5)13-4)14-9(10)12-6/h2-3H,1H3,(H2,10,12). The maximum absolute atomic E-state index is 5.68. The van der Waals surface area contributed by atoms with Gasteiger partial charge in [-0.05, 0) is 19.1 Å². The van der Waals surface area contributed by atoms with Crippen molar-refractivity contribution in [3.05, 3.63) is 17.1 Å². The Morgan fingerprint density at radius 2 is 1.71 bits per heavy atom. The number of hydrogen-bond acceptors (Lipinski definition) is 5. The Kier molecular flexibility index (Phi) is 1.54. The molecule has 0 fully saturated rings. The van der Waals surface area contributed by atoms with E-state index in [-0.39, 0.29) is 0 Å². The van der Waals surface area contributed by atoms with Gasteiger partial charge in [-0.2, -0.15) is 0 Å². The van der Waals surface area contributed by atoms with Crippen LogP contribution in [-0.2, 0) is 0 Å². The first-order valence-corrected chi connectivity index (χ1v) is 5.79. The van der Waals surface area contributed by atoms with Gasteiger partial charge in [-0.25, -0.2) is 9.97 Å². The van der Waals surface area contributed by atoms with E-state index in [4.69, 9.17) is 5.73 Å². The van der Waals surface area contributed by atoms with E-state index in [0.717, 1.165) is 20.7 Å². The van der Waals surface area contributed by atoms with Gasteiger partial charge in [0.2, 0.25) is 0 Å². The van der Waals surface area contributed by atoms with Crippen LogP contribution in [0.25, 0.3) is 20.4 Å². The van der Waals surface area contributed by atoms with E-state index in [9.17, 15) is 0 Å². The fourth-order valence-corrected chi connectivity index (χ4v) is 3.38. The minimum atomic E-state index is 0.624. The summed E-state index contributed by atoms with van der Waals surface area (Å²) in [6, 6.07) is 3.98. The zero-order valence-electron chi connectivity index (χ0n) is 7.44. The van der Waals surface area contributed by atoms with Gasteiger partial charge in [-0.3, -0.25) is 0 Å². The van der Waals surface area contributed by atoms with Crippen molar-refractivity contribution in [2.45, 2.75) is 6.92 Å². The molecule has 2 heterocycles. The molecule has 0 amide bonds. The zero-order valence-corrected chi connectivity index (χ0v) is 9.08. The van der Waals surface area contributed by atoms with Crippen molar-refractivity contribution in [2.75, 3.05) is 5.73 Å². The van der Waals surface area contributed by atoms with E-state index in [2.05, 4.69) is 9.97 Å². The Morgan fingerprint density at radius 1 is 1.07 bits per heavy atom. The second kappa shape index (κ2) is 2.65. The van der Waals surface area contributed by atoms with Crippen molar-refractivity contribution in [2.24, 2.45) is 0 Å². The number of aromatic nitrogens is 2. The number of aryl methyl sites for hydroxylation is 1. The summed E-state index contributed by atoms with van der Waals surface area (Å²) in [5.74, 6) is 0. The van der Waals surface area contributed by atoms with Crippen molar-refractivity contribution in [1.29, 1.82) is 0 Å². The van der Waals surface area contributed by atoms with E-state index in [0.29, 0.717) is 5.13 Å². The molecule has 0 spiro atoms. The van der Waals surface area contributed by atoms with Crippen molar-refractivity contribution in [3.63, 3.8) is 0 Å². The fourth-order valence-electron chi connectivity index (χ4n) is 1.50. The zero-order chi connectivity index (χ0) is 9.71. The highest BCUT2D eigenvalue weighted by Gasteiger charge is 2.08. The number of nitrogen functional groups attached to an aromatic ring is 1. The van der Waals surface area contributed by atoms with E-state index >= 15 is 0 Å². The largest absolute Gasteiger partial charge is 0.375 e. The monoisotopic (exact) mass is 221 g/mol. The molecule has 0 unspecified atom stereocenters. The Morgan fingerprint density at radius 3 is 2.50 bits per heavy atom. The van der Waals surface area contributed by atoms with Crippen LogP contribution in [0.4, 0.5) is 5.13 Å². The molecule has 2 N–H and O–H groups in total. The third kappa shape index (κ3) is 1.03. The van der Waals surface area contributed by atoms with E-state index in [1.54, 1.807) is 11.3 Å². The smallest absolute Gasteiger partial charge is 0.181 e. The topological polar surface area (TPSA) is 51.8 Å². The lowest BCUT2D eigenvalue weighted by Crippen LogP contribution is -1.78. The number of rotatable bonds is 0. The van der Waals surface area contributed by atoms with Gasteiger partial charge in [-0.15, -0.1) is 11.3 Å². The van der Waals surface area contributed by atoms with Crippen LogP contribution >= 0.6 is 22.7 Å². The summed E-state index contributed by atoms with van der Waals surface area (Å²) in [5, 5.41) is 1.71. The Labute approximate surface area is 88.2 Å². The fraction of sp³-hybridized carbons (Fsp3) is 0.111. The second-order valence-corrected chi connectivity index (χ2v) is 5.28. The van der Waals surface area contributed by atoms with Crippen molar-refractivity contribution < 1.29 is 0 Å². The van der Waals surface area contributed by atoms with E-state index < -0.39 is 0 Å². The van der Waals surface area contributed by atoms with Gasteiger partial charge >= 0.3 is 0 Å². The summed E-state index contributed by atoms with van der Waals surface area (Å²) < 4.78 is 2.36. The van der Waals surface area contributed by atoms with Crippen LogP contribution in [0.3, 0.4) is 0 Å². The highest BCUT2D eigenvalue weighted by molar-refractivity contribution is 7.28. The summed E-state index contributed by atoms with van der Waals surface area (Å²) in [4.78, 5) is 8.68. The number of thiazole rings is 2. The van der Waals surface area contributed by atoms with Crippen LogP contribution in [0, 0.1) is 6.92 Å². The predicted molar refractivity (Wildman–Crippen MR) is 61.9 cm³/mol. The maximum Gasteiger partial charge on any atom is 0.181 e. The highest BCUT2D eigenvalue weighted by atomic mass is 32.1. The molecule has 0 radical (unpaired) electrons. The number of nitrogens with zero attached hydrogens (tertiary/aromatic N) is 2. The van der Waals surface area contributed by atoms with Gasteiger partial charge < -0.3 is 5.73 Å². The minimum Gasteiger partial charge on any atom is -0.375 e. The lowest BCUT2D eigenvalue weighted by Gasteiger charge is -1.87. The molecule has 70 valence electrons. The molecule has 3 nitrogen and oxygen atoms in total. The highest BCUT2D eigenvalue weighted by Crippen LogP contribution is 2.34. The second-order valence-electron chi connectivity index (χ2n) is 3.05. The molecule has 0 bridgehead atoms. The van der Waals surface area contributed by atoms with Gasteiger partial charge in [0.1, 0.15) is 0 Å². The Hall–Kier alpha value is -1.20. The van der Waals surface area contributed by atoms with Crippen molar-refractivity contribution in [1.82, 2.24) is 9.97 Å². The molecule has 0 aliphatic heterocycles. The molecule has 5 heteroatoms. The minimum absolute atomic E-state index is 0.624. The van der Waals surface area contributed by atoms with Gasteiger partial charge in [0.05, 0.1) is 25.4 Å². The lowest BCUT2D eigenvalue weighted by atomic mass is 10.3. The molecular formula is C9H7N3S2. The summed E-state index contributed by atoms with van der Waals surface area (Å²) in [6.45, 7) is 2.01. The maximum atomic E-state index is 5.68. The van der Waals surface area contributed by atoms with Gasteiger partial charge in [0, 0.05) is 0 Å².